The van der Waals surface area contributed by atoms with Crippen LogP contribution >= 0.6 is 0 Å². The van der Waals surface area contributed by atoms with Crippen molar-refractivity contribution in [3.8, 4) is 0 Å². The average Bonchev–Trinajstić information content (AvgIpc) is 2.59. The van der Waals surface area contributed by atoms with Crippen molar-refractivity contribution in [1.29, 1.82) is 0 Å². The zero-order valence-electron chi connectivity index (χ0n) is 17.2. The number of rotatable bonds is 4. The van der Waals surface area contributed by atoms with Crippen LogP contribution in [0.4, 0.5) is 4.79 Å². The number of ether oxygens (including phenoxy) is 1. The fourth-order valence-corrected chi connectivity index (χ4v) is 2.83. The summed E-state index contributed by atoms with van der Waals surface area (Å²) in [4.78, 5) is 22.5. The highest BCUT2D eigenvalue weighted by atomic mass is 16.6. The highest BCUT2D eigenvalue weighted by Gasteiger charge is 2.26. The highest BCUT2D eigenvalue weighted by molar-refractivity contribution is 5.78. The van der Waals surface area contributed by atoms with Gasteiger partial charge in [-0.3, -0.25) is 0 Å². The van der Waals surface area contributed by atoms with E-state index >= 15 is 0 Å². The molecule has 1 heterocycles. The van der Waals surface area contributed by atoms with Gasteiger partial charge in [0, 0.05) is 32.7 Å². The molecule has 1 aliphatic heterocycles. The molecule has 2 rings (SSSR count). The Morgan fingerprint density at radius 2 is 1.59 bits per heavy atom. The lowest BCUT2D eigenvalue weighted by Gasteiger charge is -2.36. The second-order valence-electron chi connectivity index (χ2n) is 8.18. The Kier molecular flexibility index (Phi) is 7.07. The van der Waals surface area contributed by atoms with Crippen LogP contribution in [0.2, 0.25) is 0 Å². The van der Waals surface area contributed by atoms with Gasteiger partial charge in [-0.15, -0.1) is 0 Å². The lowest BCUT2D eigenvalue weighted by Crippen LogP contribution is -2.53. The second kappa shape index (κ2) is 9.08. The minimum Gasteiger partial charge on any atom is -0.444 e. The van der Waals surface area contributed by atoms with Gasteiger partial charge in [-0.25, -0.2) is 9.79 Å². The molecule has 7 nitrogen and oxygen atoms in total. The number of carbonyl (C=O) groups excluding carboxylic acids is 1. The molecule has 2 N–H and O–H groups in total. The third kappa shape index (κ3) is 7.09. The lowest BCUT2D eigenvalue weighted by atomic mass is 10.1. The predicted molar refractivity (Wildman–Crippen MR) is 109 cm³/mol. The Hall–Kier alpha value is -2.28. The van der Waals surface area contributed by atoms with Gasteiger partial charge in [0.05, 0.1) is 6.54 Å². The number of carbonyl (C=O) groups is 1. The Morgan fingerprint density at radius 3 is 2.11 bits per heavy atom. The number of hydrogen-bond acceptors (Lipinski definition) is 4. The van der Waals surface area contributed by atoms with Crippen molar-refractivity contribution in [2.45, 2.75) is 39.5 Å². The molecule has 1 fully saturated rings. The molecule has 150 valence electrons. The van der Waals surface area contributed by atoms with E-state index in [9.17, 15) is 4.79 Å². The first-order chi connectivity index (χ1) is 12.6. The van der Waals surface area contributed by atoms with Crippen LogP contribution in [0.5, 0.6) is 0 Å². The maximum Gasteiger partial charge on any atom is 0.410 e. The number of guanidine groups is 1. The molecular formula is C20H33N5O2. The summed E-state index contributed by atoms with van der Waals surface area (Å²) in [5.74, 6) is 0.524. The van der Waals surface area contributed by atoms with Crippen LogP contribution in [0.3, 0.4) is 0 Å². The van der Waals surface area contributed by atoms with Crippen molar-refractivity contribution >= 4 is 12.1 Å². The Balaban J connectivity index is 1.82. The fraction of sp³-hybridized carbons (Fsp3) is 0.600. The van der Waals surface area contributed by atoms with Crippen molar-refractivity contribution < 1.29 is 9.53 Å². The van der Waals surface area contributed by atoms with E-state index in [1.165, 1.54) is 5.56 Å². The van der Waals surface area contributed by atoms with Crippen LogP contribution in [0.1, 0.15) is 31.9 Å². The number of nitrogens with two attached hydrogens (primary N) is 1. The third-order valence-electron chi connectivity index (χ3n) is 4.20. The second-order valence-corrected chi connectivity index (χ2v) is 8.18. The summed E-state index contributed by atoms with van der Waals surface area (Å²) in [6.07, 6.45) is -0.268. The fourth-order valence-electron chi connectivity index (χ4n) is 2.83. The number of piperazine rings is 1. The summed E-state index contributed by atoms with van der Waals surface area (Å²) in [6, 6.07) is 8.44. The molecule has 27 heavy (non-hydrogen) atoms. The summed E-state index contributed by atoms with van der Waals surface area (Å²) in [7, 11) is 4.11. The van der Waals surface area contributed by atoms with E-state index in [1.54, 1.807) is 4.90 Å². The third-order valence-corrected chi connectivity index (χ3v) is 4.20. The van der Waals surface area contributed by atoms with Crippen LogP contribution in [-0.2, 0) is 17.8 Å². The SMILES string of the molecule is CN(C)Cc1ccc(CN=C(N)N2CCN(C(=O)OC(C)(C)C)CC2)cc1. The lowest BCUT2D eigenvalue weighted by molar-refractivity contribution is 0.0186. The van der Waals surface area contributed by atoms with Crippen LogP contribution in [0, 0.1) is 0 Å². The first kappa shape index (κ1) is 21.0. The summed E-state index contributed by atoms with van der Waals surface area (Å²) >= 11 is 0. The van der Waals surface area contributed by atoms with E-state index in [4.69, 9.17) is 10.5 Å². The summed E-state index contributed by atoms with van der Waals surface area (Å²) < 4.78 is 5.42. The zero-order valence-corrected chi connectivity index (χ0v) is 17.2. The minimum atomic E-state index is -0.475. The van der Waals surface area contributed by atoms with E-state index in [0.717, 1.165) is 12.1 Å². The molecule has 1 aromatic carbocycles. The van der Waals surface area contributed by atoms with Crippen LogP contribution in [0.15, 0.2) is 29.3 Å². The van der Waals surface area contributed by atoms with Crippen molar-refractivity contribution in [1.82, 2.24) is 14.7 Å². The van der Waals surface area contributed by atoms with E-state index < -0.39 is 5.60 Å². The smallest absolute Gasteiger partial charge is 0.410 e. The van der Waals surface area contributed by atoms with Crippen molar-refractivity contribution in [2.24, 2.45) is 10.7 Å². The Bertz CT molecular complexity index is 641. The first-order valence-electron chi connectivity index (χ1n) is 9.39. The van der Waals surface area contributed by atoms with Gasteiger partial charge in [0.15, 0.2) is 5.96 Å². The molecule has 7 heteroatoms. The molecule has 0 aromatic heterocycles. The van der Waals surface area contributed by atoms with Gasteiger partial charge in [0.1, 0.15) is 5.60 Å². The monoisotopic (exact) mass is 375 g/mol. The number of aliphatic imine (C=N–C) groups is 1. The molecular weight excluding hydrogens is 342 g/mol. The topological polar surface area (TPSA) is 74.4 Å². The van der Waals surface area contributed by atoms with Crippen molar-refractivity contribution in [2.75, 3.05) is 40.3 Å². The van der Waals surface area contributed by atoms with Gasteiger partial charge in [-0.05, 0) is 46.0 Å². The van der Waals surface area contributed by atoms with Gasteiger partial charge in [0.25, 0.3) is 0 Å². The van der Waals surface area contributed by atoms with E-state index in [1.807, 2.05) is 25.7 Å². The molecule has 0 unspecified atom stereocenters. The maximum absolute atomic E-state index is 12.1. The molecule has 0 radical (unpaired) electrons. The van der Waals surface area contributed by atoms with E-state index in [0.29, 0.717) is 38.7 Å². The molecule has 0 spiro atoms. The van der Waals surface area contributed by atoms with Crippen LogP contribution in [0.25, 0.3) is 0 Å². The number of benzene rings is 1. The summed E-state index contributed by atoms with van der Waals surface area (Å²) in [5, 5.41) is 0. The highest BCUT2D eigenvalue weighted by Crippen LogP contribution is 2.12. The van der Waals surface area contributed by atoms with E-state index in [-0.39, 0.29) is 6.09 Å². The van der Waals surface area contributed by atoms with Crippen LogP contribution < -0.4 is 5.73 Å². The first-order valence-corrected chi connectivity index (χ1v) is 9.39. The molecule has 1 amide bonds. The predicted octanol–water partition coefficient (Wildman–Crippen LogP) is 2.12. The maximum atomic E-state index is 12.1. The summed E-state index contributed by atoms with van der Waals surface area (Å²) in [5.41, 5.74) is 8.08. The zero-order chi connectivity index (χ0) is 20.0. The molecule has 1 aliphatic rings. The van der Waals surface area contributed by atoms with Gasteiger partial charge in [0.2, 0.25) is 0 Å². The number of amides is 1. The van der Waals surface area contributed by atoms with Crippen molar-refractivity contribution in [3.05, 3.63) is 35.4 Å². The molecule has 1 saturated heterocycles. The average molecular weight is 376 g/mol. The Labute approximate surface area is 162 Å². The number of hydrogen-bond donors (Lipinski definition) is 1. The molecule has 0 bridgehead atoms. The van der Waals surface area contributed by atoms with Crippen LogP contribution in [-0.4, -0.2) is 72.6 Å². The quantitative estimate of drug-likeness (QED) is 0.644. The standard InChI is InChI=1S/C20H33N5O2/c1-20(2,3)27-19(26)25-12-10-24(11-13-25)18(21)22-14-16-6-8-17(9-7-16)15-23(4)5/h6-9H,10-15H2,1-5H3,(H2,21,22). The van der Waals surface area contributed by atoms with Gasteiger partial charge < -0.3 is 25.2 Å². The van der Waals surface area contributed by atoms with E-state index in [2.05, 4.69) is 48.3 Å². The Morgan fingerprint density at radius 1 is 1.07 bits per heavy atom. The minimum absolute atomic E-state index is 0.268. The summed E-state index contributed by atoms with van der Waals surface area (Å²) in [6.45, 7) is 9.60. The molecule has 0 atom stereocenters. The van der Waals surface area contributed by atoms with Gasteiger partial charge in [-0.1, -0.05) is 24.3 Å². The molecule has 0 aliphatic carbocycles. The normalized spacial score (nSPS) is 16.0. The molecule has 0 saturated carbocycles. The molecule has 1 aromatic rings. The van der Waals surface area contributed by atoms with Gasteiger partial charge >= 0.3 is 6.09 Å². The number of nitrogens with zero attached hydrogens (tertiary/aromatic N) is 4. The van der Waals surface area contributed by atoms with Crippen molar-refractivity contribution in [3.63, 3.8) is 0 Å². The van der Waals surface area contributed by atoms with Gasteiger partial charge in [-0.2, -0.15) is 0 Å². The largest absolute Gasteiger partial charge is 0.444 e.